The van der Waals surface area contributed by atoms with Crippen molar-refractivity contribution in [2.24, 2.45) is 17.6 Å². The molecule has 0 spiro atoms. The Morgan fingerprint density at radius 2 is 2.00 bits per heavy atom. The minimum Gasteiger partial charge on any atom is -0.339 e. The molecule has 1 aliphatic heterocycles. The van der Waals surface area contributed by atoms with E-state index in [-0.39, 0.29) is 12.0 Å². The van der Waals surface area contributed by atoms with Gasteiger partial charge >= 0.3 is 6.18 Å². The molecule has 0 amide bonds. The molecule has 1 saturated heterocycles. The van der Waals surface area contributed by atoms with Gasteiger partial charge in [-0.05, 0) is 30.7 Å². The van der Waals surface area contributed by atoms with Crippen LogP contribution in [-0.4, -0.2) is 29.1 Å². The molecule has 2 N–H and O–H groups in total. The lowest BCUT2D eigenvalue weighted by Crippen LogP contribution is -2.30. The molecule has 0 radical (unpaired) electrons. The molecule has 2 aliphatic rings. The van der Waals surface area contributed by atoms with Gasteiger partial charge in [-0.25, -0.2) is 9.97 Å². The molecule has 3 rings (SSSR count). The molecule has 0 aromatic carbocycles. The summed E-state index contributed by atoms with van der Waals surface area (Å²) in [7, 11) is 0. The maximum Gasteiger partial charge on any atom is 0.433 e. The van der Waals surface area contributed by atoms with E-state index in [4.69, 9.17) is 5.73 Å². The Morgan fingerprint density at radius 1 is 1.26 bits per heavy atom. The van der Waals surface area contributed by atoms with Crippen LogP contribution in [-0.2, 0) is 6.18 Å². The van der Waals surface area contributed by atoms with Crippen LogP contribution >= 0.6 is 0 Å². The number of nitrogens with zero attached hydrogens (tertiary/aromatic N) is 3. The van der Waals surface area contributed by atoms with Crippen molar-refractivity contribution in [2.45, 2.75) is 25.1 Å². The van der Waals surface area contributed by atoms with E-state index in [2.05, 4.69) is 9.97 Å². The molecule has 2 heterocycles. The van der Waals surface area contributed by atoms with E-state index in [9.17, 15) is 13.2 Å². The highest BCUT2D eigenvalue weighted by Gasteiger charge is 2.42. The summed E-state index contributed by atoms with van der Waals surface area (Å²) < 4.78 is 37.8. The predicted molar refractivity (Wildman–Crippen MR) is 63.4 cm³/mol. The van der Waals surface area contributed by atoms with Gasteiger partial charge in [0.2, 0.25) is 5.95 Å². The summed E-state index contributed by atoms with van der Waals surface area (Å²) in [5.41, 5.74) is 5.15. The Kier molecular flexibility index (Phi) is 2.88. The van der Waals surface area contributed by atoms with E-state index >= 15 is 0 Å². The first kappa shape index (κ1) is 12.7. The summed E-state index contributed by atoms with van der Waals surface area (Å²) in [5, 5.41) is 0. The molecule has 1 saturated carbocycles. The highest BCUT2D eigenvalue weighted by atomic mass is 19.4. The van der Waals surface area contributed by atoms with Gasteiger partial charge in [-0.1, -0.05) is 0 Å². The van der Waals surface area contributed by atoms with Crippen LogP contribution in [0.15, 0.2) is 12.3 Å². The van der Waals surface area contributed by atoms with E-state index in [1.54, 1.807) is 4.90 Å². The molecule has 2 atom stereocenters. The standard InChI is InChI=1S/C12H15F3N4/c13-12(14,15)10-3-4-17-11(18-10)19-5-8(7-1-2-7)9(16)6-19/h3-4,7-9H,1-2,5-6,16H2/t8-,9+/m1/s1. The van der Waals surface area contributed by atoms with Gasteiger partial charge < -0.3 is 10.6 Å². The van der Waals surface area contributed by atoms with Crippen LogP contribution < -0.4 is 10.6 Å². The fourth-order valence-electron chi connectivity index (χ4n) is 2.70. The molecule has 1 aliphatic carbocycles. The van der Waals surface area contributed by atoms with E-state index < -0.39 is 11.9 Å². The first-order valence-electron chi connectivity index (χ1n) is 6.36. The zero-order valence-corrected chi connectivity index (χ0v) is 10.3. The van der Waals surface area contributed by atoms with Crippen LogP contribution in [0.5, 0.6) is 0 Å². The van der Waals surface area contributed by atoms with E-state index in [1.807, 2.05) is 0 Å². The quantitative estimate of drug-likeness (QED) is 0.889. The number of rotatable bonds is 2. The van der Waals surface area contributed by atoms with E-state index in [0.29, 0.717) is 24.9 Å². The lowest BCUT2D eigenvalue weighted by Gasteiger charge is -2.17. The van der Waals surface area contributed by atoms with Crippen molar-refractivity contribution in [3.8, 4) is 0 Å². The smallest absolute Gasteiger partial charge is 0.339 e. The van der Waals surface area contributed by atoms with Crippen LogP contribution in [0.25, 0.3) is 0 Å². The summed E-state index contributed by atoms with van der Waals surface area (Å²) in [4.78, 5) is 9.32. The number of hydrogen-bond acceptors (Lipinski definition) is 4. The average Bonchev–Trinajstić information content (AvgIpc) is 3.12. The number of hydrogen-bond donors (Lipinski definition) is 1. The Bertz CT molecular complexity index is 472. The van der Waals surface area contributed by atoms with Crippen LogP contribution in [0.4, 0.5) is 19.1 Å². The Morgan fingerprint density at radius 3 is 2.63 bits per heavy atom. The molecule has 4 nitrogen and oxygen atoms in total. The van der Waals surface area contributed by atoms with Gasteiger partial charge in [0.05, 0.1) is 0 Å². The second-order valence-corrected chi connectivity index (χ2v) is 5.31. The second-order valence-electron chi connectivity index (χ2n) is 5.31. The molecular formula is C12H15F3N4. The first-order valence-corrected chi connectivity index (χ1v) is 6.36. The zero-order chi connectivity index (χ0) is 13.6. The normalized spacial score (nSPS) is 27.9. The van der Waals surface area contributed by atoms with Crippen molar-refractivity contribution >= 4 is 5.95 Å². The topological polar surface area (TPSA) is 55.0 Å². The summed E-state index contributed by atoms with van der Waals surface area (Å²) in [6.07, 6.45) is -0.929. The van der Waals surface area contributed by atoms with Gasteiger partial charge in [0.15, 0.2) is 0 Å². The molecule has 0 unspecified atom stereocenters. The number of alkyl halides is 3. The van der Waals surface area contributed by atoms with Crippen molar-refractivity contribution < 1.29 is 13.2 Å². The third-order valence-corrected chi connectivity index (χ3v) is 3.86. The number of anilines is 1. The lowest BCUT2D eigenvalue weighted by atomic mass is 9.99. The molecule has 1 aromatic heterocycles. The van der Waals surface area contributed by atoms with Crippen LogP contribution in [0.2, 0.25) is 0 Å². The minimum atomic E-state index is -4.44. The molecule has 104 valence electrons. The van der Waals surface area contributed by atoms with Crippen LogP contribution in [0.3, 0.4) is 0 Å². The monoisotopic (exact) mass is 272 g/mol. The Labute approximate surface area is 108 Å². The van der Waals surface area contributed by atoms with Crippen LogP contribution in [0.1, 0.15) is 18.5 Å². The van der Waals surface area contributed by atoms with Crippen molar-refractivity contribution in [3.05, 3.63) is 18.0 Å². The first-order chi connectivity index (χ1) is 8.95. The van der Waals surface area contributed by atoms with Gasteiger partial charge in [-0.15, -0.1) is 0 Å². The lowest BCUT2D eigenvalue weighted by molar-refractivity contribution is -0.141. The fourth-order valence-corrected chi connectivity index (χ4v) is 2.70. The molecule has 7 heteroatoms. The Balaban J connectivity index is 1.79. The summed E-state index contributed by atoms with van der Waals surface area (Å²) >= 11 is 0. The maximum atomic E-state index is 12.6. The molecule has 1 aromatic rings. The van der Waals surface area contributed by atoms with Crippen molar-refractivity contribution in [1.29, 1.82) is 0 Å². The number of halogens is 3. The largest absolute Gasteiger partial charge is 0.433 e. The number of aromatic nitrogens is 2. The van der Waals surface area contributed by atoms with Crippen molar-refractivity contribution in [2.75, 3.05) is 18.0 Å². The van der Waals surface area contributed by atoms with Crippen LogP contribution in [0, 0.1) is 11.8 Å². The average molecular weight is 272 g/mol. The minimum absolute atomic E-state index is 0.00522. The van der Waals surface area contributed by atoms with Gasteiger partial charge in [0.25, 0.3) is 0 Å². The molecular weight excluding hydrogens is 257 g/mol. The van der Waals surface area contributed by atoms with Gasteiger partial charge in [-0.2, -0.15) is 13.2 Å². The fraction of sp³-hybridized carbons (Fsp3) is 0.667. The van der Waals surface area contributed by atoms with Gasteiger partial charge in [-0.3, -0.25) is 0 Å². The third-order valence-electron chi connectivity index (χ3n) is 3.86. The Hall–Kier alpha value is -1.37. The molecule has 0 bridgehead atoms. The van der Waals surface area contributed by atoms with Gasteiger partial charge in [0, 0.05) is 25.3 Å². The second kappa shape index (κ2) is 4.33. The summed E-state index contributed by atoms with van der Waals surface area (Å²) in [5.74, 6) is 1.12. The van der Waals surface area contributed by atoms with E-state index in [1.165, 1.54) is 12.8 Å². The van der Waals surface area contributed by atoms with Gasteiger partial charge in [0.1, 0.15) is 5.69 Å². The predicted octanol–water partition coefficient (Wildman–Crippen LogP) is 1.67. The highest BCUT2D eigenvalue weighted by molar-refractivity contribution is 5.34. The number of nitrogens with two attached hydrogens (primary N) is 1. The maximum absolute atomic E-state index is 12.6. The van der Waals surface area contributed by atoms with Crippen molar-refractivity contribution in [1.82, 2.24) is 9.97 Å². The zero-order valence-electron chi connectivity index (χ0n) is 10.3. The molecule has 2 fully saturated rings. The third kappa shape index (κ3) is 2.51. The summed E-state index contributed by atoms with van der Waals surface area (Å²) in [6, 6.07) is 0.892. The summed E-state index contributed by atoms with van der Waals surface area (Å²) in [6.45, 7) is 1.19. The van der Waals surface area contributed by atoms with Crippen molar-refractivity contribution in [3.63, 3.8) is 0 Å². The molecule has 19 heavy (non-hydrogen) atoms. The van der Waals surface area contributed by atoms with E-state index in [0.717, 1.165) is 12.3 Å². The SMILES string of the molecule is N[C@H]1CN(c2nccc(C(F)(F)F)n2)C[C@@H]1C1CC1. The highest BCUT2D eigenvalue weighted by Crippen LogP contribution is 2.41.